The van der Waals surface area contributed by atoms with Gasteiger partial charge in [-0.25, -0.2) is 9.97 Å². The van der Waals surface area contributed by atoms with Crippen LogP contribution in [-0.2, 0) is 6.42 Å². The normalized spacial score (nSPS) is 10.3. The van der Waals surface area contributed by atoms with Gasteiger partial charge in [0.1, 0.15) is 0 Å². The molecule has 2 aromatic carbocycles. The number of nitrogens with one attached hydrogen (secondary N) is 1. The van der Waals surface area contributed by atoms with E-state index in [2.05, 4.69) is 15.3 Å². The number of hydrogen-bond donors (Lipinski definition) is 1. The van der Waals surface area contributed by atoms with Crippen molar-refractivity contribution in [3.05, 3.63) is 66.0 Å². The van der Waals surface area contributed by atoms with Gasteiger partial charge in [0.2, 0.25) is 5.75 Å². The Morgan fingerprint density at radius 1 is 0.931 bits per heavy atom. The highest BCUT2D eigenvalue weighted by Gasteiger charge is 2.16. The highest BCUT2D eigenvalue weighted by molar-refractivity contribution is 5.95. The summed E-state index contributed by atoms with van der Waals surface area (Å²) in [7, 11) is 4.54. The number of benzene rings is 2. The largest absolute Gasteiger partial charge is 0.493 e. The molecular weight excluding hydrogens is 370 g/mol. The van der Waals surface area contributed by atoms with Crippen LogP contribution in [0, 0.1) is 0 Å². The zero-order valence-corrected chi connectivity index (χ0v) is 16.6. The van der Waals surface area contributed by atoms with E-state index in [9.17, 15) is 4.79 Å². The molecule has 29 heavy (non-hydrogen) atoms. The van der Waals surface area contributed by atoms with E-state index in [0.29, 0.717) is 41.6 Å². The minimum absolute atomic E-state index is 0.230. The Morgan fingerprint density at radius 2 is 1.55 bits per heavy atom. The van der Waals surface area contributed by atoms with Crippen LogP contribution in [-0.4, -0.2) is 43.7 Å². The molecule has 1 aromatic heterocycles. The molecule has 0 atom stereocenters. The van der Waals surface area contributed by atoms with Crippen molar-refractivity contribution in [3.8, 4) is 28.6 Å². The summed E-state index contributed by atoms with van der Waals surface area (Å²) < 4.78 is 15.9. The fourth-order valence-electron chi connectivity index (χ4n) is 2.85. The van der Waals surface area contributed by atoms with Crippen molar-refractivity contribution in [2.45, 2.75) is 6.42 Å². The van der Waals surface area contributed by atoms with Crippen molar-refractivity contribution in [2.24, 2.45) is 0 Å². The molecule has 7 nitrogen and oxygen atoms in total. The van der Waals surface area contributed by atoms with Crippen molar-refractivity contribution in [1.82, 2.24) is 15.3 Å². The lowest BCUT2D eigenvalue weighted by molar-refractivity contribution is 0.0953. The molecule has 3 aromatic rings. The summed E-state index contributed by atoms with van der Waals surface area (Å²) in [6.45, 7) is 0.448. The molecule has 1 amide bonds. The van der Waals surface area contributed by atoms with Gasteiger partial charge in [0, 0.05) is 30.1 Å². The summed E-state index contributed by atoms with van der Waals surface area (Å²) in [6.07, 6.45) is 4.17. The van der Waals surface area contributed by atoms with Crippen LogP contribution in [0.1, 0.15) is 15.9 Å². The summed E-state index contributed by atoms with van der Waals surface area (Å²) in [5.41, 5.74) is 2.33. The minimum Gasteiger partial charge on any atom is -0.493 e. The molecular formula is C22H23N3O4. The molecule has 0 saturated heterocycles. The number of nitrogens with zero attached hydrogens (tertiary/aromatic N) is 2. The molecule has 0 radical (unpaired) electrons. The predicted molar refractivity (Wildman–Crippen MR) is 110 cm³/mol. The van der Waals surface area contributed by atoms with Gasteiger partial charge in [-0.2, -0.15) is 0 Å². The number of amides is 1. The van der Waals surface area contributed by atoms with Crippen LogP contribution in [0.4, 0.5) is 0 Å². The second-order valence-corrected chi connectivity index (χ2v) is 6.20. The van der Waals surface area contributed by atoms with Crippen LogP contribution < -0.4 is 19.5 Å². The zero-order chi connectivity index (χ0) is 20.6. The number of carbonyl (C=O) groups is 1. The maximum absolute atomic E-state index is 12.5. The molecule has 1 heterocycles. The number of aromatic nitrogens is 2. The second-order valence-electron chi connectivity index (χ2n) is 6.20. The monoisotopic (exact) mass is 393 g/mol. The molecule has 3 rings (SSSR count). The molecule has 7 heteroatoms. The topological polar surface area (TPSA) is 82.6 Å². The average molecular weight is 393 g/mol. The van der Waals surface area contributed by atoms with E-state index in [1.54, 1.807) is 24.5 Å². The smallest absolute Gasteiger partial charge is 0.251 e. The molecule has 1 N–H and O–H groups in total. The number of rotatable bonds is 8. The maximum atomic E-state index is 12.5. The van der Waals surface area contributed by atoms with E-state index in [1.165, 1.54) is 21.3 Å². The molecule has 0 aliphatic rings. The standard InChI is InChI=1S/C22H23N3O4/c1-27-18-11-17(12-19(28-2)20(18)29-3)22(26)23-10-9-15-13-24-21(25-14-15)16-7-5-4-6-8-16/h4-8,11-14H,9-10H2,1-3H3,(H,23,26). The first kappa shape index (κ1) is 20.1. The molecule has 0 spiro atoms. The number of hydrogen-bond acceptors (Lipinski definition) is 6. The Hall–Kier alpha value is -3.61. The summed E-state index contributed by atoms with van der Waals surface area (Å²) in [6, 6.07) is 13.0. The first-order valence-corrected chi connectivity index (χ1v) is 9.10. The van der Waals surface area contributed by atoms with E-state index in [0.717, 1.165) is 11.1 Å². The fraction of sp³-hybridized carbons (Fsp3) is 0.227. The third kappa shape index (κ3) is 4.82. The van der Waals surface area contributed by atoms with Gasteiger partial charge in [-0.1, -0.05) is 30.3 Å². The van der Waals surface area contributed by atoms with Crippen LogP contribution in [0.25, 0.3) is 11.4 Å². The second kappa shape index (κ2) is 9.54. The van der Waals surface area contributed by atoms with Gasteiger partial charge in [0.05, 0.1) is 21.3 Å². The number of carbonyl (C=O) groups excluding carboxylic acids is 1. The van der Waals surface area contributed by atoms with E-state index in [1.807, 2.05) is 30.3 Å². The predicted octanol–water partition coefficient (Wildman–Crippen LogP) is 3.14. The van der Waals surface area contributed by atoms with Gasteiger partial charge >= 0.3 is 0 Å². The summed E-state index contributed by atoms with van der Waals surface area (Å²) >= 11 is 0. The van der Waals surface area contributed by atoms with Gasteiger partial charge < -0.3 is 19.5 Å². The van der Waals surface area contributed by atoms with Crippen molar-refractivity contribution in [1.29, 1.82) is 0 Å². The Morgan fingerprint density at radius 3 is 2.10 bits per heavy atom. The Balaban J connectivity index is 1.61. The molecule has 0 bridgehead atoms. The van der Waals surface area contributed by atoms with Gasteiger partial charge in [0.25, 0.3) is 5.91 Å². The zero-order valence-electron chi connectivity index (χ0n) is 16.6. The van der Waals surface area contributed by atoms with Crippen LogP contribution in [0.3, 0.4) is 0 Å². The van der Waals surface area contributed by atoms with Crippen molar-refractivity contribution >= 4 is 5.91 Å². The molecule has 0 aliphatic carbocycles. The Labute approximate surface area is 169 Å². The Kier molecular flexibility index (Phi) is 6.63. The third-order valence-corrected chi connectivity index (χ3v) is 4.36. The van der Waals surface area contributed by atoms with Crippen LogP contribution in [0.15, 0.2) is 54.9 Å². The Bertz CT molecular complexity index is 935. The quantitative estimate of drug-likeness (QED) is 0.633. The van der Waals surface area contributed by atoms with Gasteiger partial charge in [-0.15, -0.1) is 0 Å². The lowest BCUT2D eigenvalue weighted by Gasteiger charge is -2.14. The van der Waals surface area contributed by atoms with Crippen molar-refractivity contribution < 1.29 is 19.0 Å². The summed E-state index contributed by atoms with van der Waals surface area (Å²) in [4.78, 5) is 21.3. The van der Waals surface area contributed by atoms with Gasteiger partial charge in [-0.3, -0.25) is 4.79 Å². The molecule has 0 saturated carbocycles. The van der Waals surface area contributed by atoms with Gasteiger partial charge in [-0.05, 0) is 24.1 Å². The molecule has 0 aliphatic heterocycles. The highest BCUT2D eigenvalue weighted by atomic mass is 16.5. The molecule has 0 unspecified atom stereocenters. The van der Waals surface area contributed by atoms with E-state index in [-0.39, 0.29) is 5.91 Å². The summed E-state index contributed by atoms with van der Waals surface area (Å²) in [5, 5.41) is 2.89. The average Bonchev–Trinajstić information content (AvgIpc) is 2.78. The minimum atomic E-state index is -0.230. The number of methoxy groups -OCH3 is 3. The SMILES string of the molecule is COc1cc(C(=O)NCCc2cnc(-c3ccccc3)nc2)cc(OC)c1OC. The van der Waals surface area contributed by atoms with Crippen LogP contribution in [0.2, 0.25) is 0 Å². The fourth-order valence-corrected chi connectivity index (χ4v) is 2.85. The maximum Gasteiger partial charge on any atom is 0.251 e. The van der Waals surface area contributed by atoms with Crippen LogP contribution in [0.5, 0.6) is 17.2 Å². The first-order valence-electron chi connectivity index (χ1n) is 9.10. The molecule has 0 fully saturated rings. The van der Waals surface area contributed by atoms with E-state index >= 15 is 0 Å². The van der Waals surface area contributed by atoms with E-state index in [4.69, 9.17) is 14.2 Å². The summed E-state index contributed by atoms with van der Waals surface area (Å²) in [5.74, 6) is 1.76. The lowest BCUT2D eigenvalue weighted by atomic mass is 10.1. The van der Waals surface area contributed by atoms with E-state index < -0.39 is 0 Å². The highest BCUT2D eigenvalue weighted by Crippen LogP contribution is 2.38. The number of ether oxygens (including phenoxy) is 3. The van der Waals surface area contributed by atoms with Gasteiger partial charge in [0.15, 0.2) is 17.3 Å². The molecule has 150 valence electrons. The van der Waals surface area contributed by atoms with Crippen molar-refractivity contribution in [3.63, 3.8) is 0 Å². The first-order chi connectivity index (χ1) is 14.2. The third-order valence-electron chi connectivity index (χ3n) is 4.36. The lowest BCUT2D eigenvalue weighted by Crippen LogP contribution is -2.25. The van der Waals surface area contributed by atoms with Crippen LogP contribution >= 0.6 is 0 Å². The van der Waals surface area contributed by atoms with Crippen molar-refractivity contribution in [2.75, 3.05) is 27.9 Å².